The number of benzene rings is 1. The number of anilines is 1. The Kier molecular flexibility index (Phi) is 4.29. The molecular weight excluding hydrogens is 252 g/mol. The quantitative estimate of drug-likeness (QED) is 0.918. The highest BCUT2D eigenvalue weighted by molar-refractivity contribution is 5.79. The minimum absolute atomic E-state index is 0.461. The van der Waals surface area contributed by atoms with Gasteiger partial charge in [0.15, 0.2) is 0 Å². The molecule has 0 aliphatic carbocycles. The van der Waals surface area contributed by atoms with Crippen LogP contribution in [0.5, 0.6) is 0 Å². The maximum atomic E-state index is 11.6. The highest BCUT2D eigenvalue weighted by atomic mass is 16.4. The molecule has 2 atom stereocenters. The summed E-state index contributed by atoms with van der Waals surface area (Å²) >= 11 is 0. The van der Waals surface area contributed by atoms with Crippen LogP contribution >= 0.6 is 0 Å². The number of nitriles is 1. The summed E-state index contributed by atoms with van der Waals surface area (Å²) < 4.78 is 0. The standard InChI is InChI=1S/C16H20N2O2/c1-3-12-6-7-18(15(9-12)16(19)20)14-8-11(2)4-5-13(14)10-17/h4-5,8,12,15H,3,6-7,9H2,1-2H3,(H,19,20). The van der Waals surface area contributed by atoms with Crippen molar-refractivity contribution in [1.29, 1.82) is 5.26 Å². The van der Waals surface area contributed by atoms with Crippen molar-refractivity contribution >= 4 is 11.7 Å². The van der Waals surface area contributed by atoms with Gasteiger partial charge in [0.25, 0.3) is 0 Å². The lowest BCUT2D eigenvalue weighted by molar-refractivity contribution is -0.139. The van der Waals surface area contributed by atoms with Gasteiger partial charge in [0.05, 0.1) is 11.3 Å². The molecule has 0 amide bonds. The van der Waals surface area contributed by atoms with E-state index in [1.807, 2.05) is 24.0 Å². The zero-order valence-electron chi connectivity index (χ0n) is 12.0. The normalized spacial score (nSPS) is 22.4. The second-order valence-electron chi connectivity index (χ2n) is 5.48. The molecule has 0 spiro atoms. The van der Waals surface area contributed by atoms with Crippen molar-refractivity contribution in [3.8, 4) is 6.07 Å². The van der Waals surface area contributed by atoms with Crippen molar-refractivity contribution in [3.63, 3.8) is 0 Å². The molecule has 1 aliphatic rings. The minimum atomic E-state index is -0.798. The fourth-order valence-electron chi connectivity index (χ4n) is 2.91. The first kappa shape index (κ1) is 14.4. The molecule has 2 rings (SSSR count). The van der Waals surface area contributed by atoms with Crippen LogP contribution < -0.4 is 4.90 Å². The lowest BCUT2D eigenvalue weighted by Crippen LogP contribution is -2.47. The third-order valence-electron chi connectivity index (χ3n) is 4.16. The first-order valence-corrected chi connectivity index (χ1v) is 7.07. The van der Waals surface area contributed by atoms with Crippen LogP contribution in [0.15, 0.2) is 18.2 Å². The van der Waals surface area contributed by atoms with E-state index < -0.39 is 12.0 Å². The lowest BCUT2D eigenvalue weighted by Gasteiger charge is -2.39. The maximum absolute atomic E-state index is 11.6. The van der Waals surface area contributed by atoms with E-state index in [2.05, 4.69) is 13.0 Å². The van der Waals surface area contributed by atoms with Gasteiger partial charge in [0.1, 0.15) is 12.1 Å². The molecular formula is C16H20N2O2. The largest absolute Gasteiger partial charge is 0.480 e. The Labute approximate surface area is 119 Å². The predicted octanol–water partition coefficient (Wildman–Crippen LogP) is 2.95. The van der Waals surface area contributed by atoms with Crippen molar-refractivity contribution in [1.82, 2.24) is 0 Å². The molecule has 4 heteroatoms. The third kappa shape index (κ3) is 2.77. The monoisotopic (exact) mass is 272 g/mol. The molecule has 1 saturated heterocycles. The van der Waals surface area contributed by atoms with E-state index in [0.29, 0.717) is 24.4 Å². The topological polar surface area (TPSA) is 64.3 Å². The van der Waals surface area contributed by atoms with E-state index in [4.69, 9.17) is 0 Å². The zero-order chi connectivity index (χ0) is 14.7. The molecule has 0 saturated carbocycles. The molecule has 0 aromatic heterocycles. The molecule has 2 unspecified atom stereocenters. The molecule has 106 valence electrons. The van der Waals surface area contributed by atoms with Crippen LogP contribution in [0, 0.1) is 24.2 Å². The van der Waals surface area contributed by atoms with E-state index >= 15 is 0 Å². The number of aliphatic carboxylic acids is 1. The molecule has 0 radical (unpaired) electrons. The van der Waals surface area contributed by atoms with E-state index in [9.17, 15) is 15.2 Å². The Morgan fingerprint density at radius 2 is 2.30 bits per heavy atom. The van der Waals surface area contributed by atoms with Gasteiger partial charge < -0.3 is 10.0 Å². The van der Waals surface area contributed by atoms with Crippen LogP contribution in [0.3, 0.4) is 0 Å². The van der Waals surface area contributed by atoms with Crippen LogP contribution in [-0.4, -0.2) is 23.7 Å². The van der Waals surface area contributed by atoms with Crippen molar-refractivity contribution < 1.29 is 9.90 Å². The molecule has 1 aromatic rings. The van der Waals surface area contributed by atoms with Crippen LogP contribution in [0.1, 0.15) is 37.3 Å². The van der Waals surface area contributed by atoms with Gasteiger partial charge in [-0.2, -0.15) is 5.26 Å². The maximum Gasteiger partial charge on any atom is 0.326 e. The minimum Gasteiger partial charge on any atom is -0.480 e. The van der Waals surface area contributed by atoms with E-state index in [1.54, 1.807) is 6.07 Å². The van der Waals surface area contributed by atoms with Gasteiger partial charge in [-0.05, 0) is 43.4 Å². The van der Waals surface area contributed by atoms with Gasteiger partial charge >= 0.3 is 5.97 Å². The fourth-order valence-corrected chi connectivity index (χ4v) is 2.91. The highest BCUT2D eigenvalue weighted by Gasteiger charge is 2.33. The first-order valence-electron chi connectivity index (χ1n) is 7.07. The summed E-state index contributed by atoms with van der Waals surface area (Å²) in [5.41, 5.74) is 2.35. The zero-order valence-corrected chi connectivity index (χ0v) is 12.0. The summed E-state index contributed by atoms with van der Waals surface area (Å²) in [6, 6.07) is 7.22. The Morgan fingerprint density at radius 3 is 2.90 bits per heavy atom. The molecule has 4 nitrogen and oxygen atoms in total. The van der Waals surface area contributed by atoms with Crippen LogP contribution in [-0.2, 0) is 4.79 Å². The predicted molar refractivity (Wildman–Crippen MR) is 77.7 cm³/mol. The highest BCUT2D eigenvalue weighted by Crippen LogP contribution is 2.32. The number of carboxylic acids is 1. The summed E-state index contributed by atoms with van der Waals surface area (Å²) in [7, 11) is 0. The summed E-state index contributed by atoms with van der Waals surface area (Å²) in [6.07, 6.45) is 2.65. The van der Waals surface area contributed by atoms with Gasteiger partial charge in [0, 0.05) is 6.54 Å². The van der Waals surface area contributed by atoms with Crippen molar-refractivity contribution in [2.45, 2.75) is 39.2 Å². The van der Waals surface area contributed by atoms with Crippen LogP contribution in [0.4, 0.5) is 5.69 Å². The fraction of sp³-hybridized carbons (Fsp3) is 0.500. The molecule has 1 aliphatic heterocycles. The van der Waals surface area contributed by atoms with Crippen molar-refractivity contribution in [3.05, 3.63) is 29.3 Å². The van der Waals surface area contributed by atoms with Crippen LogP contribution in [0.25, 0.3) is 0 Å². The van der Waals surface area contributed by atoms with Gasteiger partial charge in [-0.3, -0.25) is 0 Å². The Balaban J connectivity index is 2.38. The number of hydrogen-bond acceptors (Lipinski definition) is 3. The summed E-state index contributed by atoms with van der Waals surface area (Å²) in [5, 5.41) is 18.7. The van der Waals surface area contributed by atoms with Crippen molar-refractivity contribution in [2.75, 3.05) is 11.4 Å². The second kappa shape index (κ2) is 5.96. The Morgan fingerprint density at radius 1 is 1.55 bits per heavy atom. The number of nitrogens with zero attached hydrogens (tertiary/aromatic N) is 2. The first-order chi connectivity index (χ1) is 9.56. The number of hydrogen-bond donors (Lipinski definition) is 1. The molecule has 0 bridgehead atoms. The Hall–Kier alpha value is -2.02. The number of carboxylic acid groups (broad SMARTS) is 1. The van der Waals surface area contributed by atoms with Gasteiger partial charge in [0.2, 0.25) is 0 Å². The SMILES string of the molecule is CCC1CCN(c2cc(C)ccc2C#N)C(C(=O)O)C1. The second-order valence-corrected chi connectivity index (χ2v) is 5.48. The summed E-state index contributed by atoms with van der Waals surface area (Å²) in [5.74, 6) is -0.337. The lowest BCUT2D eigenvalue weighted by atomic mass is 9.88. The number of rotatable bonds is 3. The van der Waals surface area contributed by atoms with Crippen LogP contribution in [0.2, 0.25) is 0 Å². The number of piperidine rings is 1. The average Bonchev–Trinajstić information content (AvgIpc) is 2.46. The smallest absolute Gasteiger partial charge is 0.326 e. The number of aryl methyl sites for hydroxylation is 1. The van der Waals surface area contributed by atoms with E-state index in [1.165, 1.54) is 0 Å². The third-order valence-corrected chi connectivity index (χ3v) is 4.16. The summed E-state index contributed by atoms with van der Waals surface area (Å²) in [4.78, 5) is 13.4. The van der Waals surface area contributed by atoms with Gasteiger partial charge in [-0.15, -0.1) is 0 Å². The molecule has 1 heterocycles. The van der Waals surface area contributed by atoms with Gasteiger partial charge in [-0.1, -0.05) is 19.4 Å². The van der Waals surface area contributed by atoms with E-state index in [-0.39, 0.29) is 0 Å². The number of carbonyl (C=O) groups is 1. The average molecular weight is 272 g/mol. The van der Waals surface area contributed by atoms with Crippen molar-refractivity contribution in [2.24, 2.45) is 5.92 Å². The molecule has 1 aromatic carbocycles. The Bertz CT molecular complexity index is 548. The summed E-state index contributed by atoms with van der Waals surface area (Å²) in [6.45, 7) is 4.76. The molecule has 1 N–H and O–H groups in total. The van der Waals surface area contributed by atoms with E-state index in [0.717, 1.165) is 24.1 Å². The molecule has 20 heavy (non-hydrogen) atoms. The van der Waals surface area contributed by atoms with Gasteiger partial charge in [-0.25, -0.2) is 4.79 Å². The molecule has 1 fully saturated rings.